The molecule has 10 nitrogen and oxygen atoms in total. The van der Waals surface area contributed by atoms with Gasteiger partial charge in [0.1, 0.15) is 0 Å². The van der Waals surface area contributed by atoms with E-state index >= 15 is 0 Å². The summed E-state index contributed by atoms with van der Waals surface area (Å²) in [7, 11) is 19.2. The average Bonchev–Trinajstić information content (AvgIpc) is 3.35. The van der Waals surface area contributed by atoms with Gasteiger partial charge in [0, 0.05) is 111 Å². The van der Waals surface area contributed by atoms with E-state index in [2.05, 4.69) is 81.1 Å². The first-order valence-corrected chi connectivity index (χ1v) is 33.8. The fourth-order valence-electron chi connectivity index (χ4n) is 10.3. The van der Waals surface area contributed by atoms with Crippen molar-refractivity contribution in [2.75, 3.05) is 37.7 Å². The van der Waals surface area contributed by atoms with Crippen LogP contribution in [0.25, 0.3) is 0 Å². The van der Waals surface area contributed by atoms with Crippen LogP contribution in [0.3, 0.4) is 0 Å². The molecule has 0 saturated heterocycles. The number of halogens is 5. The summed E-state index contributed by atoms with van der Waals surface area (Å²) in [5, 5.41) is 31.4. The van der Waals surface area contributed by atoms with Crippen LogP contribution in [0.2, 0.25) is 5.02 Å². The van der Waals surface area contributed by atoms with E-state index in [1.54, 1.807) is 0 Å². The summed E-state index contributed by atoms with van der Waals surface area (Å²) in [5.41, 5.74) is 4.50. The second-order valence-electron chi connectivity index (χ2n) is 18.6. The Balaban J connectivity index is 0.000000245. The minimum atomic E-state index is 0.00694. The predicted octanol–water partition coefficient (Wildman–Crippen LogP) is 10.4. The SMILES string of the molecule is CCCS.CCCSc1cc2nc(c1)CNC1CCCCC1NCCNC1CCCCC1NC2.Clc1cc2nc(c1)CNC1CCCCC1NCCNC1CCCCC1NC2.[Cl][Mn][Cl].[Cl][Mn][Cl]. The number of nitrogens with one attached hydrogen (secondary N) is 8. The molecular weight excluding hydrogens is 1070 g/mol. The van der Waals surface area contributed by atoms with Gasteiger partial charge in [0.2, 0.25) is 0 Å². The first-order chi connectivity index (χ1) is 32.8. The number of fused-ring (bicyclic) bond motifs is 8. The van der Waals surface area contributed by atoms with Crippen molar-refractivity contribution >= 4 is 76.4 Å². The van der Waals surface area contributed by atoms with Crippen molar-refractivity contribution in [1.29, 1.82) is 0 Å². The minimum absolute atomic E-state index is 0.00694. The third-order valence-electron chi connectivity index (χ3n) is 13.6. The molecule has 4 heterocycles. The summed E-state index contributed by atoms with van der Waals surface area (Å²) in [4.78, 5) is 11.3. The van der Waals surface area contributed by atoms with Gasteiger partial charge in [-0.1, -0.05) is 76.8 Å². The molecule has 8 atom stereocenters. The van der Waals surface area contributed by atoms with Crippen LogP contribution in [0.4, 0.5) is 0 Å². The molecule has 8 unspecified atom stereocenters. The third-order valence-corrected chi connectivity index (χ3v) is 15.5. The zero-order valence-electron chi connectivity index (χ0n) is 40.1. The fourth-order valence-corrected chi connectivity index (χ4v) is 11.5. The van der Waals surface area contributed by atoms with Crippen molar-refractivity contribution in [3.63, 3.8) is 0 Å². The van der Waals surface area contributed by atoms with Crippen LogP contribution in [0.5, 0.6) is 0 Å². The van der Waals surface area contributed by atoms with Gasteiger partial charge in [0.15, 0.2) is 0 Å². The van der Waals surface area contributed by atoms with Gasteiger partial charge in [0.25, 0.3) is 0 Å². The summed E-state index contributed by atoms with van der Waals surface area (Å²) < 4.78 is 0. The van der Waals surface area contributed by atoms with E-state index < -0.39 is 0 Å². The molecule has 67 heavy (non-hydrogen) atoms. The van der Waals surface area contributed by atoms with Crippen LogP contribution in [-0.2, 0) is 52.4 Å². The molecule has 0 radical (unpaired) electrons. The van der Waals surface area contributed by atoms with E-state index in [0.29, 0.717) is 48.3 Å². The summed E-state index contributed by atoms with van der Waals surface area (Å²) in [5.74, 6) is 2.19. The van der Waals surface area contributed by atoms with E-state index in [1.807, 2.05) is 23.9 Å². The maximum absolute atomic E-state index is 6.39. The van der Waals surface area contributed by atoms with E-state index in [4.69, 9.17) is 62.0 Å². The Hall–Kier alpha value is 1.17. The summed E-state index contributed by atoms with van der Waals surface area (Å²) >= 11 is 12.3. The molecular formula is C48H83Cl5Mn2N10S2. The molecule has 8 N–H and O–H groups in total. The molecule has 8 rings (SSSR count). The average molecular weight is 1150 g/mol. The van der Waals surface area contributed by atoms with Gasteiger partial charge in [-0.25, -0.2) is 0 Å². The van der Waals surface area contributed by atoms with Gasteiger partial charge in [-0.2, -0.15) is 12.6 Å². The molecule has 4 fully saturated rings. The number of thioether (sulfide) groups is 1. The molecule has 2 aromatic rings. The Morgan fingerprint density at radius 3 is 0.985 bits per heavy atom. The number of hydrogen-bond donors (Lipinski definition) is 9. The number of aromatic nitrogens is 2. The number of pyridine rings is 2. The molecule has 4 aliphatic carbocycles. The second-order valence-corrected chi connectivity index (χ2v) is 24.5. The van der Waals surface area contributed by atoms with Gasteiger partial charge in [-0.05, 0) is 100.0 Å². The monoisotopic (exact) mass is 1150 g/mol. The number of rotatable bonds is 4. The normalized spacial score (nSPS) is 28.3. The third kappa shape index (κ3) is 24.4. The van der Waals surface area contributed by atoms with E-state index in [-0.39, 0.29) is 26.3 Å². The second kappa shape index (κ2) is 37.8. The summed E-state index contributed by atoms with van der Waals surface area (Å²) in [6.07, 6.45) is 23.2. The van der Waals surface area contributed by atoms with E-state index in [0.717, 1.165) is 74.5 Å². The van der Waals surface area contributed by atoms with Crippen LogP contribution in [-0.4, -0.2) is 96.0 Å². The van der Waals surface area contributed by atoms with Gasteiger partial charge in [0.05, 0.1) is 22.8 Å². The van der Waals surface area contributed by atoms with Crippen molar-refractivity contribution in [3.8, 4) is 0 Å². The molecule has 2 aromatic heterocycles. The van der Waals surface area contributed by atoms with Crippen molar-refractivity contribution < 1.29 is 26.3 Å². The first kappa shape index (κ1) is 60.7. The van der Waals surface area contributed by atoms with Gasteiger partial charge in [-0.15, -0.1) is 11.8 Å². The van der Waals surface area contributed by atoms with Gasteiger partial charge >= 0.3 is 66.7 Å². The zero-order valence-corrected chi connectivity index (χ0v) is 48.0. The summed E-state index contributed by atoms with van der Waals surface area (Å²) in [6.45, 7) is 11.9. The van der Waals surface area contributed by atoms with Gasteiger partial charge in [-0.3, -0.25) is 9.97 Å². The van der Waals surface area contributed by atoms with Crippen LogP contribution in [0.1, 0.15) is 152 Å². The fraction of sp³-hybridized carbons (Fsp3) is 0.792. The quantitative estimate of drug-likeness (QED) is 0.0827. The molecule has 6 aliphatic rings. The predicted molar refractivity (Wildman–Crippen MR) is 286 cm³/mol. The molecule has 0 spiro atoms. The molecule has 0 amide bonds. The zero-order chi connectivity index (χ0) is 47.9. The molecule has 386 valence electrons. The molecule has 4 saturated carbocycles. The molecule has 19 heteroatoms. The van der Waals surface area contributed by atoms with E-state index in [9.17, 15) is 0 Å². The van der Waals surface area contributed by atoms with Crippen LogP contribution < -0.4 is 42.5 Å². The first-order valence-electron chi connectivity index (χ1n) is 25.3. The topological polar surface area (TPSA) is 122 Å². The van der Waals surface area contributed by atoms with Crippen LogP contribution in [0, 0.1) is 0 Å². The van der Waals surface area contributed by atoms with Crippen molar-refractivity contribution in [1.82, 2.24) is 52.5 Å². The van der Waals surface area contributed by atoms with Crippen molar-refractivity contribution in [3.05, 3.63) is 52.1 Å². The number of hydrogen-bond acceptors (Lipinski definition) is 12. The molecule has 0 aromatic carbocycles. The van der Waals surface area contributed by atoms with Crippen molar-refractivity contribution in [2.24, 2.45) is 0 Å². The Morgan fingerprint density at radius 1 is 0.478 bits per heavy atom. The standard InChI is InChI=1S/C24H41N5S.C21H34ClN5.C3H8S.4ClH.2Mn/c1-2-13-30-20-14-18-16-27-23-9-5-3-7-21(23)25-11-12-26-22-8-4-6-10-24(22)28-17-19(15-20)29-18;22-15-11-16-13-25-20-7-3-1-5-18(20)23-9-10-24-19-6-2-4-8-21(19)26-14-17(12-15)27-16;1-2-3-4;;;;;;/h14-15,21-28H,2-13,16-17H2,1H3;11-12,18-21,23-26H,1-10,13-14H2;4H,2-3H2,1H3;4*1H;;/q;;;;;;;2*+2/p-4. The Kier molecular flexibility index (Phi) is 34.3. The Bertz CT molecular complexity index is 1490. The Morgan fingerprint density at radius 2 is 0.731 bits per heavy atom. The number of nitrogens with zero attached hydrogens (tertiary/aromatic N) is 2. The summed E-state index contributed by atoms with van der Waals surface area (Å²) in [6, 6.07) is 13.1. The maximum atomic E-state index is 6.39. The van der Waals surface area contributed by atoms with Crippen molar-refractivity contribution in [2.45, 2.75) is 209 Å². The van der Waals surface area contributed by atoms with Crippen LogP contribution in [0.15, 0.2) is 29.2 Å². The van der Waals surface area contributed by atoms with E-state index in [1.165, 1.54) is 138 Å². The Labute approximate surface area is 449 Å². The molecule has 4 bridgehead atoms. The van der Waals surface area contributed by atoms with Crippen LogP contribution >= 0.6 is 76.4 Å². The molecule has 2 aliphatic heterocycles. The number of thiol groups is 1. The van der Waals surface area contributed by atoms with Gasteiger partial charge < -0.3 is 42.5 Å².